The van der Waals surface area contributed by atoms with E-state index in [2.05, 4.69) is 17.7 Å². The quantitative estimate of drug-likeness (QED) is 0.403. The molecule has 3 nitrogen and oxygen atoms in total. The van der Waals surface area contributed by atoms with Crippen LogP contribution in [0.4, 0.5) is 0 Å². The molecule has 0 bridgehead atoms. The zero-order valence-corrected chi connectivity index (χ0v) is 11.7. The predicted octanol–water partition coefficient (Wildman–Crippen LogP) is 3.62. The van der Waals surface area contributed by atoms with E-state index in [1.807, 2.05) is 6.07 Å². The molecule has 0 saturated carbocycles. The summed E-state index contributed by atoms with van der Waals surface area (Å²) in [6.45, 7) is 2.24. The van der Waals surface area contributed by atoms with E-state index in [0.29, 0.717) is 0 Å². The molecule has 1 aromatic rings. The molecule has 0 radical (unpaired) electrons. The molecule has 4 heteroatoms. The highest BCUT2D eigenvalue weighted by atomic mass is 32.1. The first kappa shape index (κ1) is 14.5. The van der Waals surface area contributed by atoms with Crippen LogP contribution in [0.3, 0.4) is 0 Å². The lowest BCUT2D eigenvalue weighted by molar-refractivity contribution is 0.397. The maximum atomic E-state index is 5.63. The minimum absolute atomic E-state index is 0.228. The second-order valence-electron chi connectivity index (χ2n) is 4.28. The molecule has 0 aliphatic rings. The number of ether oxygens (including phenoxy) is 1. The summed E-state index contributed by atoms with van der Waals surface area (Å²) in [5.41, 5.74) is 2.90. The topological polar surface area (TPSA) is 47.3 Å². The van der Waals surface area contributed by atoms with Crippen molar-refractivity contribution in [3.05, 3.63) is 16.3 Å². The predicted molar refractivity (Wildman–Crippen MR) is 74.3 cm³/mol. The molecule has 1 unspecified atom stereocenters. The van der Waals surface area contributed by atoms with Crippen LogP contribution in [0.1, 0.15) is 56.4 Å². The Morgan fingerprint density at radius 2 is 2.12 bits per heavy atom. The smallest absolute Gasteiger partial charge is 0.134 e. The van der Waals surface area contributed by atoms with Crippen LogP contribution in [0.2, 0.25) is 0 Å². The Hall–Kier alpha value is -0.580. The number of thiophene rings is 1. The van der Waals surface area contributed by atoms with Crippen LogP contribution in [0, 0.1) is 0 Å². The molecule has 0 aromatic carbocycles. The summed E-state index contributed by atoms with van der Waals surface area (Å²) in [7, 11) is 1.71. The number of hydrogen-bond donors (Lipinski definition) is 2. The van der Waals surface area contributed by atoms with Crippen LogP contribution >= 0.6 is 11.3 Å². The number of hydrogen-bond acceptors (Lipinski definition) is 4. The first-order valence-electron chi connectivity index (χ1n) is 6.41. The fourth-order valence-electron chi connectivity index (χ4n) is 1.97. The highest BCUT2D eigenvalue weighted by Crippen LogP contribution is 2.33. The van der Waals surface area contributed by atoms with Crippen molar-refractivity contribution >= 4 is 11.3 Å². The van der Waals surface area contributed by atoms with Crippen molar-refractivity contribution in [3.63, 3.8) is 0 Å². The summed E-state index contributed by atoms with van der Waals surface area (Å²) in [5, 5.41) is 2.05. The fraction of sp³-hybridized carbons (Fsp3) is 0.692. The van der Waals surface area contributed by atoms with E-state index < -0.39 is 0 Å². The first-order valence-corrected chi connectivity index (χ1v) is 7.29. The Kier molecular flexibility index (Phi) is 7.24. The van der Waals surface area contributed by atoms with Gasteiger partial charge in [0.15, 0.2) is 0 Å². The van der Waals surface area contributed by atoms with Gasteiger partial charge in [0.25, 0.3) is 0 Å². The zero-order valence-electron chi connectivity index (χ0n) is 10.9. The van der Waals surface area contributed by atoms with Crippen LogP contribution in [0.25, 0.3) is 0 Å². The number of rotatable bonds is 9. The van der Waals surface area contributed by atoms with Crippen LogP contribution in [-0.4, -0.2) is 7.11 Å². The Balaban J connectivity index is 2.38. The molecule has 0 spiro atoms. The Labute approximate surface area is 108 Å². The molecule has 0 aliphatic heterocycles. The van der Waals surface area contributed by atoms with Crippen LogP contribution < -0.4 is 16.0 Å². The van der Waals surface area contributed by atoms with Crippen molar-refractivity contribution < 1.29 is 4.74 Å². The Bertz CT molecular complexity index is 301. The number of nitrogens with one attached hydrogen (secondary N) is 1. The average molecular weight is 256 g/mol. The Morgan fingerprint density at radius 3 is 2.76 bits per heavy atom. The van der Waals surface area contributed by atoms with E-state index in [4.69, 9.17) is 10.6 Å². The van der Waals surface area contributed by atoms with Gasteiger partial charge in [-0.1, -0.05) is 39.0 Å². The third kappa shape index (κ3) is 4.66. The molecule has 1 atom stereocenters. The molecule has 17 heavy (non-hydrogen) atoms. The molecule has 0 saturated heterocycles. The van der Waals surface area contributed by atoms with Crippen molar-refractivity contribution in [2.24, 2.45) is 5.84 Å². The molecule has 0 aliphatic carbocycles. The zero-order chi connectivity index (χ0) is 12.5. The lowest BCUT2D eigenvalue weighted by Gasteiger charge is -2.15. The third-order valence-corrected chi connectivity index (χ3v) is 4.00. The molecular weight excluding hydrogens is 232 g/mol. The van der Waals surface area contributed by atoms with E-state index in [-0.39, 0.29) is 6.04 Å². The molecule has 1 aromatic heterocycles. The van der Waals surface area contributed by atoms with Gasteiger partial charge in [-0.2, -0.15) is 0 Å². The number of hydrazine groups is 1. The summed E-state index contributed by atoms with van der Waals surface area (Å²) in [5.74, 6) is 6.58. The molecule has 1 rings (SSSR count). The summed E-state index contributed by atoms with van der Waals surface area (Å²) < 4.78 is 5.33. The fourth-order valence-corrected chi connectivity index (χ4v) is 2.93. The minimum atomic E-state index is 0.228. The van der Waals surface area contributed by atoms with Crippen molar-refractivity contribution in [1.82, 2.24) is 5.43 Å². The number of unbranched alkanes of at least 4 members (excludes halogenated alkanes) is 4. The first-order chi connectivity index (χ1) is 8.33. The number of methoxy groups -OCH3 is 1. The molecule has 1 heterocycles. The molecule has 0 amide bonds. The summed E-state index contributed by atoms with van der Waals surface area (Å²) in [4.78, 5) is 1.21. The van der Waals surface area contributed by atoms with Crippen molar-refractivity contribution in [3.8, 4) is 5.75 Å². The van der Waals surface area contributed by atoms with Crippen molar-refractivity contribution in [2.45, 2.75) is 51.5 Å². The van der Waals surface area contributed by atoms with Gasteiger partial charge in [0.05, 0.1) is 18.0 Å². The molecule has 98 valence electrons. The van der Waals surface area contributed by atoms with Crippen molar-refractivity contribution in [1.29, 1.82) is 0 Å². The van der Waals surface area contributed by atoms with Crippen LogP contribution in [0.15, 0.2) is 11.4 Å². The van der Waals surface area contributed by atoms with Gasteiger partial charge >= 0.3 is 0 Å². The van der Waals surface area contributed by atoms with Gasteiger partial charge in [-0.25, -0.2) is 0 Å². The highest BCUT2D eigenvalue weighted by molar-refractivity contribution is 7.10. The van der Waals surface area contributed by atoms with E-state index in [9.17, 15) is 0 Å². The molecule has 0 fully saturated rings. The van der Waals surface area contributed by atoms with E-state index in [1.54, 1.807) is 18.4 Å². The second kappa shape index (κ2) is 8.50. The van der Waals surface area contributed by atoms with Gasteiger partial charge in [-0.3, -0.25) is 11.3 Å². The second-order valence-corrected chi connectivity index (χ2v) is 5.22. The standard InChI is InChI=1S/C13H24N2OS/c1-3-4-5-6-7-8-11(15-14)13-12(16-2)9-10-17-13/h9-11,15H,3-8,14H2,1-2H3. The molecule has 3 N–H and O–H groups in total. The molecular formula is C13H24N2OS. The average Bonchev–Trinajstić information content (AvgIpc) is 2.82. The van der Waals surface area contributed by atoms with Crippen molar-refractivity contribution in [2.75, 3.05) is 7.11 Å². The van der Waals surface area contributed by atoms with Gasteiger partial charge in [-0.15, -0.1) is 11.3 Å². The van der Waals surface area contributed by atoms with Gasteiger partial charge < -0.3 is 4.74 Å². The summed E-state index contributed by atoms with van der Waals surface area (Å²) in [6, 6.07) is 2.23. The van der Waals surface area contributed by atoms with Gasteiger partial charge in [0.1, 0.15) is 5.75 Å². The monoisotopic (exact) mass is 256 g/mol. The summed E-state index contributed by atoms with van der Waals surface area (Å²) in [6.07, 6.45) is 7.54. The van der Waals surface area contributed by atoms with E-state index >= 15 is 0 Å². The summed E-state index contributed by atoms with van der Waals surface area (Å²) >= 11 is 1.71. The maximum Gasteiger partial charge on any atom is 0.134 e. The van der Waals surface area contributed by atoms with Gasteiger partial charge in [0, 0.05) is 0 Å². The third-order valence-electron chi connectivity index (χ3n) is 2.99. The van der Waals surface area contributed by atoms with Gasteiger partial charge in [0.2, 0.25) is 0 Å². The minimum Gasteiger partial charge on any atom is -0.496 e. The highest BCUT2D eigenvalue weighted by Gasteiger charge is 2.15. The lowest BCUT2D eigenvalue weighted by Crippen LogP contribution is -2.27. The number of nitrogens with two attached hydrogens (primary N) is 1. The Morgan fingerprint density at radius 1 is 1.35 bits per heavy atom. The maximum absolute atomic E-state index is 5.63. The SMILES string of the molecule is CCCCCCCC(NN)c1sccc1OC. The van der Waals surface area contributed by atoms with E-state index in [0.717, 1.165) is 12.2 Å². The van der Waals surface area contributed by atoms with Crippen LogP contribution in [0.5, 0.6) is 5.75 Å². The lowest BCUT2D eigenvalue weighted by atomic mass is 10.1. The van der Waals surface area contributed by atoms with Crippen LogP contribution in [-0.2, 0) is 0 Å². The van der Waals surface area contributed by atoms with Gasteiger partial charge in [-0.05, 0) is 17.9 Å². The largest absolute Gasteiger partial charge is 0.496 e. The van der Waals surface area contributed by atoms with E-state index in [1.165, 1.54) is 37.0 Å². The normalized spacial score (nSPS) is 12.6.